The molecule has 0 aliphatic carbocycles. The molecule has 2 aliphatic heterocycles. The summed E-state index contributed by atoms with van der Waals surface area (Å²) in [4.78, 5) is 58.5. The van der Waals surface area contributed by atoms with E-state index in [-0.39, 0.29) is 33.4 Å². The Labute approximate surface area is 222 Å². The molecule has 0 amide bonds. The molecule has 39 heavy (non-hydrogen) atoms. The van der Waals surface area contributed by atoms with Crippen LogP contribution >= 0.6 is 0 Å². The van der Waals surface area contributed by atoms with Crippen LogP contribution in [-0.2, 0) is 15.9 Å². The van der Waals surface area contributed by atoms with Gasteiger partial charge in [0.15, 0.2) is 5.78 Å². The summed E-state index contributed by atoms with van der Waals surface area (Å²) in [7, 11) is 0. The summed E-state index contributed by atoms with van der Waals surface area (Å²) in [6.45, 7) is 0. The Morgan fingerprint density at radius 2 is 0.872 bits per heavy atom. The average Bonchev–Trinajstić information content (AvgIpc) is 3.39. The lowest BCUT2D eigenvalue weighted by molar-refractivity contribution is 0.0425. The number of ether oxygens (including phenoxy) is 2. The number of benzene rings is 4. The van der Waals surface area contributed by atoms with Crippen molar-refractivity contribution in [2.24, 2.45) is 0 Å². The molecule has 0 aromatic heterocycles. The van der Waals surface area contributed by atoms with Crippen molar-refractivity contribution in [1.29, 1.82) is 0 Å². The predicted molar refractivity (Wildman–Crippen MR) is 140 cm³/mol. The van der Waals surface area contributed by atoms with E-state index in [0.717, 1.165) is 17.8 Å². The number of hydrogen-bond donors (Lipinski definition) is 2. The molecule has 0 atom stereocenters. The summed E-state index contributed by atoms with van der Waals surface area (Å²) < 4.78 is 8.94. The zero-order valence-electron chi connectivity index (χ0n) is 20.3. The van der Waals surface area contributed by atoms with Gasteiger partial charge in [0.25, 0.3) is 0 Å². The van der Waals surface area contributed by atoms with Gasteiger partial charge >= 0.3 is 23.9 Å². The lowest BCUT2D eigenvalue weighted by Gasteiger charge is -2.03. The molecule has 9 heteroatoms. The Hall–Kier alpha value is -5.57. The maximum atomic E-state index is 12.5. The number of ketones is 1. The Kier molecular flexibility index (Phi) is 6.47. The number of carbonyl (C=O) groups excluding carboxylic acids is 5. The first kappa shape index (κ1) is 25.1. The van der Waals surface area contributed by atoms with E-state index in [0.29, 0.717) is 0 Å². The largest absolute Gasteiger partial charge is 0.399 e. The fraction of sp³-hybridized carbons (Fsp3) is 0.0333. The number of nitrogen functional groups attached to an aromatic ring is 2. The molecule has 0 unspecified atom stereocenters. The van der Waals surface area contributed by atoms with Crippen molar-refractivity contribution in [2.75, 3.05) is 11.5 Å². The molecule has 2 heterocycles. The van der Waals surface area contributed by atoms with Gasteiger partial charge in [0.2, 0.25) is 0 Å². The summed E-state index contributed by atoms with van der Waals surface area (Å²) in [6.07, 6.45) is 0.917. The number of hydrogen-bond acceptors (Lipinski definition) is 9. The number of nitrogens with two attached hydrogens (primary N) is 2. The van der Waals surface area contributed by atoms with Crippen molar-refractivity contribution in [1.82, 2.24) is 0 Å². The minimum absolute atomic E-state index is 0.0154. The van der Waals surface area contributed by atoms with Crippen LogP contribution in [0.1, 0.15) is 68.5 Å². The molecule has 0 spiro atoms. The van der Waals surface area contributed by atoms with Gasteiger partial charge in [-0.2, -0.15) is 0 Å². The van der Waals surface area contributed by atoms with Gasteiger partial charge in [-0.3, -0.25) is 4.79 Å². The Balaban J connectivity index is 0.000000177. The summed E-state index contributed by atoms with van der Waals surface area (Å²) in [6, 6.07) is 23.9. The van der Waals surface area contributed by atoms with Crippen molar-refractivity contribution >= 4 is 41.0 Å². The maximum Gasteiger partial charge on any atom is 0.346 e. The molecule has 4 aromatic carbocycles. The highest BCUT2D eigenvalue weighted by Gasteiger charge is 2.32. The number of fused-ring (bicyclic) bond motifs is 2. The second kappa shape index (κ2) is 10.1. The highest BCUT2D eigenvalue weighted by atomic mass is 16.6. The van der Waals surface area contributed by atoms with Gasteiger partial charge in [-0.15, -0.1) is 0 Å². The lowest BCUT2D eigenvalue weighted by atomic mass is 9.96. The molecular weight excluding hydrogens is 500 g/mol. The van der Waals surface area contributed by atoms with Gasteiger partial charge in [0.05, 0.1) is 22.3 Å². The highest BCUT2D eigenvalue weighted by Crippen LogP contribution is 2.25. The van der Waals surface area contributed by atoms with E-state index in [1.165, 1.54) is 47.5 Å². The first-order valence-electron chi connectivity index (χ1n) is 11.7. The molecule has 2 aliphatic rings. The van der Waals surface area contributed by atoms with Gasteiger partial charge in [0.1, 0.15) is 0 Å². The zero-order valence-corrected chi connectivity index (χ0v) is 20.3. The minimum Gasteiger partial charge on any atom is -0.399 e. The average molecular weight is 520 g/mol. The van der Waals surface area contributed by atoms with Crippen LogP contribution in [0.5, 0.6) is 0 Å². The number of anilines is 2. The van der Waals surface area contributed by atoms with Crippen LogP contribution in [0.25, 0.3) is 0 Å². The molecule has 0 bridgehead atoms. The Bertz CT molecular complexity index is 1550. The van der Waals surface area contributed by atoms with Crippen LogP contribution in [0.3, 0.4) is 0 Å². The van der Waals surface area contributed by atoms with Gasteiger partial charge in [-0.05, 0) is 66.1 Å². The van der Waals surface area contributed by atoms with Crippen molar-refractivity contribution in [3.05, 3.63) is 129 Å². The molecule has 4 N–H and O–H groups in total. The van der Waals surface area contributed by atoms with E-state index in [1.807, 2.05) is 48.5 Å². The third-order valence-corrected chi connectivity index (χ3v) is 6.18. The molecule has 0 radical (unpaired) electrons. The molecular formula is C30H20N2O7. The van der Waals surface area contributed by atoms with Crippen molar-refractivity contribution in [3.8, 4) is 0 Å². The topological polar surface area (TPSA) is 156 Å². The fourth-order valence-corrected chi connectivity index (χ4v) is 4.13. The molecule has 6 rings (SSSR count). The highest BCUT2D eigenvalue weighted by molar-refractivity contribution is 6.19. The van der Waals surface area contributed by atoms with E-state index in [1.54, 1.807) is 0 Å². The minimum atomic E-state index is -0.812. The van der Waals surface area contributed by atoms with Crippen molar-refractivity contribution in [2.45, 2.75) is 6.42 Å². The molecule has 0 saturated heterocycles. The molecule has 4 aromatic rings. The second-order valence-corrected chi connectivity index (χ2v) is 8.86. The van der Waals surface area contributed by atoms with Gasteiger partial charge in [-0.25, -0.2) is 19.2 Å². The summed E-state index contributed by atoms with van der Waals surface area (Å²) in [5, 5.41) is 0. The monoisotopic (exact) mass is 520 g/mol. The first-order chi connectivity index (χ1) is 18.7. The number of esters is 4. The van der Waals surface area contributed by atoms with Crippen LogP contribution in [0, 0.1) is 0 Å². The van der Waals surface area contributed by atoms with E-state index >= 15 is 0 Å². The Morgan fingerprint density at radius 1 is 0.513 bits per heavy atom. The summed E-state index contributed by atoms with van der Waals surface area (Å²) >= 11 is 0. The first-order valence-corrected chi connectivity index (χ1v) is 11.7. The number of carbonyl (C=O) groups is 5. The smallest absolute Gasteiger partial charge is 0.346 e. The van der Waals surface area contributed by atoms with E-state index < -0.39 is 29.7 Å². The molecule has 0 saturated carbocycles. The normalized spacial score (nSPS) is 13.1. The van der Waals surface area contributed by atoms with Crippen molar-refractivity contribution in [3.63, 3.8) is 0 Å². The summed E-state index contributed by atoms with van der Waals surface area (Å²) in [5.41, 5.74) is 15.9. The zero-order chi connectivity index (χ0) is 27.7. The van der Waals surface area contributed by atoms with Gasteiger partial charge < -0.3 is 20.9 Å². The summed E-state index contributed by atoms with van der Waals surface area (Å²) in [5.74, 6) is -3.61. The third kappa shape index (κ3) is 5.14. The maximum absolute atomic E-state index is 12.5. The molecule has 9 nitrogen and oxygen atoms in total. The number of cyclic esters (lactones) is 4. The second-order valence-electron chi connectivity index (χ2n) is 8.86. The molecule has 0 fully saturated rings. The van der Waals surface area contributed by atoms with Crippen molar-refractivity contribution < 1.29 is 33.4 Å². The van der Waals surface area contributed by atoms with Crippen LogP contribution in [-0.4, -0.2) is 29.7 Å². The SMILES string of the molecule is Nc1ccc(Cc2ccc(N)cc2)cc1.O=C(c1ccc2c(c1)C(=O)OC2=O)c1ccc2c(c1)C(=O)OC2=O. The van der Waals surface area contributed by atoms with Gasteiger partial charge in [-0.1, -0.05) is 36.4 Å². The third-order valence-electron chi connectivity index (χ3n) is 6.18. The van der Waals surface area contributed by atoms with Gasteiger partial charge in [0, 0.05) is 22.5 Å². The Morgan fingerprint density at radius 3 is 1.26 bits per heavy atom. The lowest BCUT2D eigenvalue weighted by Crippen LogP contribution is -2.05. The van der Waals surface area contributed by atoms with E-state index in [9.17, 15) is 24.0 Å². The van der Waals surface area contributed by atoms with E-state index in [4.69, 9.17) is 11.5 Å². The van der Waals surface area contributed by atoms with E-state index in [2.05, 4.69) is 9.47 Å². The standard InChI is InChI=1S/C17H6O7.C13H14N2/c18-13(7-1-3-9-11(5-7)16(21)23-14(9)19)8-2-4-10-12(6-8)17(22)24-15(10)20;14-12-5-1-10(2-6-12)9-11-3-7-13(15)8-4-11/h1-6H;1-8H,9,14-15H2. The fourth-order valence-electron chi connectivity index (χ4n) is 4.13. The van der Waals surface area contributed by atoms with Crippen LogP contribution < -0.4 is 11.5 Å². The number of rotatable bonds is 4. The van der Waals surface area contributed by atoms with Crippen LogP contribution in [0.4, 0.5) is 11.4 Å². The quantitative estimate of drug-likeness (QED) is 0.176. The molecule has 192 valence electrons. The van der Waals surface area contributed by atoms with Crippen LogP contribution in [0.2, 0.25) is 0 Å². The predicted octanol–water partition coefficient (Wildman–Crippen LogP) is 3.98. The van der Waals surface area contributed by atoms with Crippen LogP contribution in [0.15, 0.2) is 84.9 Å².